The van der Waals surface area contributed by atoms with Gasteiger partial charge in [0.1, 0.15) is 0 Å². The fourth-order valence-corrected chi connectivity index (χ4v) is 0.779. The summed E-state index contributed by atoms with van der Waals surface area (Å²) >= 11 is 0. The maximum Gasteiger partial charge on any atom is 0.0906 e. The first-order valence-corrected chi connectivity index (χ1v) is 3.19. The summed E-state index contributed by atoms with van der Waals surface area (Å²) < 4.78 is 5.04. The number of furan rings is 1. The average Bonchev–Trinajstić information content (AvgIpc) is 2.58. The zero-order valence-corrected chi connectivity index (χ0v) is 5.69. The van der Waals surface area contributed by atoms with Gasteiger partial charge in [0, 0.05) is 18.2 Å². The molecule has 3 nitrogen and oxygen atoms in total. The molecule has 0 aromatic carbocycles. The Morgan fingerprint density at radius 1 is 1.27 bits per heavy atom. The molecule has 0 N–H and O–H groups in total. The van der Waals surface area contributed by atoms with Gasteiger partial charge in [0.05, 0.1) is 5.82 Å². The third-order valence-corrected chi connectivity index (χ3v) is 1.24. The van der Waals surface area contributed by atoms with E-state index in [1.54, 1.807) is 30.8 Å². The van der Waals surface area contributed by atoms with Crippen molar-refractivity contribution >= 4 is 0 Å². The van der Waals surface area contributed by atoms with Crippen LogP contribution < -0.4 is 0 Å². The first-order chi connectivity index (χ1) is 5.47. The standard InChI is InChI=1S/C8H5N2O/c1-3-7(11-6-1)8-9-4-2-5-10-8/h1-2,4-6H/q-1. The van der Waals surface area contributed by atoms with E-state index in [2.05, 4.69) is 16.0 Å². The molecule has 0 aliphatic heterocycles. The Hall–Kier alpha value is -1.64. The maximum absolute atomic E-state index is 5.04. The van der Waals surface area contributed by atoms with E-state index in [0.717, 1.165) is 0 Å². The average molecular weight is 145 g/mol. The second-order valence-corrected chi connectivity index (χ2v) is 1.97. The fourth-order valence-electron chi connectivity index (χ4n) is 0.779. The van der Waals surface area contributed by atoms with Gasteiger partial charge in [0.2, 0.25) is 0 Å². The lowest BCUT2D eigenvalue weighted by molar-refractivity contribution is 0.577. The van der Waals surface area contributed by atoms with E-state index < -0.39 is 0 Å². The molecule has 2 heterocycles. The first kappa shape index (κ1) is 6.09. The van der Waals surface area contributed by atoms with Crippen LogP contribution in [-0.4, -0.2) is 9.97 Å². The Bertz CT molecular complexity index is 315. The van der Waals surface area contributed by atoms with E-state index in [9.17, 15) is 0 Å². The highest BCUT2D eigenvalue weighted by Gasteiger charge is 1.89. The lowest BCUT2D eigenvalue weighted by Gasteiger charge is -1.98. The van der Waals surface area contributed by atoms with Crippen LogP contribution in [0.1, 0.15) is 0 Å². The van der Waals surface area contributed by atoms with Crippen molar-refractivity contribution in [2.45, 2.75) is 0 Å². The van der Waals surface area contributed by atoms with Crippen molar-refractivity contribution < 1.29 is 4.42 Å². The second-order valence-electron chi connectivity index (χ2n) is 1.97. The van der Waals surface area contributed by atoms with Crippen LogP contribution in [-0.2, 0) is 0 Å². The van der Waals surface area contributed by atoms with Crippen molar-refractivity contribution in [1.82, 2.24) is 9.97 Å². The summed E-state index contributed by atoms with van der Waals surface area (Å²) in [6.45, 7) is 0. The van der Waals surface area contributed by atoms with Crippen LogP contribution in [0.25, 0.3) is 11.6 Å². The Labute approximate surface area is 63.7 Å². The van der Waals surface area contributed by atoms with Gasteiger partial charge in [0.25, 0.3) is 0 Å². The largest absolute Gasteiger partial charge is 0.544 e. The summed E-state index contributed by atoms with van der Waals surface area (Å²) in [5.41, 5.74) is 0. The molecule has 0 saturated carbocycles. The minimum absolute atomic E-state index is 0.567. The number of aromatic nitrogens is 2. The zero-order valence-electron chi connectivity index (χ0n) is 5.69. The number of rotatable bonds is 1. The van der Waals surface area contributed by atoms with Gasteiger partial charge in [-0.3, -0.25) is 9.97 Å². The summed E-state index contributed by atoms with van der Waals surface area (Å²) in [5, 5.41) is 0. The molecule has 0 saturated heterocycles. The molecule has 0 spiro atoms. The van der Waals surface area contributed by atoms with Crippen molar-refractivity contribution in [3.05, 3.63) is 36.9 Å². The first-order valence-electron chi connectivity index (χ1n) is 3.19. The Balaban J connectivity index is 2.46. The smallest absolute Gasteiger partial charge is 0.0906 e. The molecular weight excluding hydrogens is 140 g/mol. The number of hydrogen-bond donors (Lipinski definition) is 0. The van der Waals surface area contributed by atoms with Crippen LogP contribution in [0.4, 0.5) is 0 Å². The van der Waals surface area contributed by atoms with E-state index in [1.165, 1.54) is 0 Å². The molecule has 54 valence electrons. The summed E-state index contributed by atoms with van der Waals surface area (Å²) in [6.07, 6.45) is 4.88. The summed E-state index contributed by atoms with van der Waals surface area (Å²) in [6, 6.07) is 6.30. The molecule has 0 radical (unpaired) electrons. The van der Waals surface area contributed by atoms with E-state index in [-0.39, 0.29) is 0 Å². The molecule has 2 aromatic rings. The molecule has 0 bridgehead atoms. The molecule has 0 unspecified atom stereocenters. The van der Waals surface area contributed by atoms with Gasteiger partial charge in [-0.1, -0.05) is 0 Å². The van der Waals surface area contributed by atoms with Crippen molar-refractivity contribution in [3.8, 4) is 11.6 Å². The normalized spacial score (nSPS) is 9.82. The molecule has 2 rings (SSSR count). The van der Waals surface area contributed by atoms with Crippen molar-refractivity contribution in [3.63, 3.8) is 0 Å². The fraction of sp³-hybridized carbons (Fsp3) is 0. The van der Waals surface area contributed by atoms with Crippen molar-refractivity contribution in [2.24, 2.45) is 0 Å². The Kier molecular flexibility index (Phi) is 1.41. The topological polar surface area (TPSA) is 38.9 Å². The molecule has 0 aliphatic carbocycles. The molecule has 0 atom stereocenters. The Morgan fingerprint density at radius 3 is 2.73 bits per heavy atom. The third-order valence-electron chi connectivity index (χ3n) is 1.24. The van der Waals surface area contributed by atoms with Gasteiger partial charge in [-0.05, 0) is 12.3 Å². The van der Waals surface area contributed by atoms with Crippen LogP contribution in [0.5, 0.6) is 0 Å². The van der Waals surface area contributed by atoms with Gasteiger partial charge >= 0.3 is 0 Å². The van der Waals surface area contributed by atoms with Crippen LogP contribution in [0, 0.1) is 6.07 Å². The molecule has 2 aromatic heterocycles. The molecule has 0 fully saturated rings. The van der Waals surface area contributed by atoms with Crippen molar-refractivity contribution in [1.29, 1.82) is 0 Å². The summed E-state index contributed by atoms with van der Waals surface area (Å²) in [7, 11) is 0. The van der Waals surface area contributed by atoms with Gasteiger partial charge in [-0.15, -0.1) is 12.1 Å². The van der Waals surface area contributed by atoms with E-state index in [0.29, 0.717) is 11.6 Å². The summed E-state index contributed by atoms with van der Waals surface area (Å²) in [5.74, 6) is 1.14. The zero-order chi connectivity index (χ0) is 7.52. The maximum atomic E-state index is 5.04. The predicted octanol–water partition coefficient (Wildman–Crippen LogP) is 1.54. The van der Waals surface area contributed by atoms with Gasteiger partial charge < -0.3 is 4.42 Å². The number of nitrogens with zero attached hydrogens (tertiary/aromatic N) is 2. The van der Waals surface area contributed by atoms with Gasteiger partial charge in [0.15, 0.2) is 0 Å². The predicted molar refractivity (Wildman–Crippen MR) is 38.6 cm³/mol. The highest BCUT2D eigenvalue weighted by Crippen LogP contribution is 2.11. The van der Waals surface area contributed by atoms with Crippen LogP contribution in [0.2, 0.25) is 0 Å². The highest BCUT2D eigenvalue weighted by atomic mass is 16.3. The lowest BCUT2D eigenvalue weighted by atomic mass is 10.4. The van der Waals surface area contributed by atoms with Crippen LogP contribution in [0.15, 0.2) is 35.2 Å². The van der Waals surface area contributed by atoms with E-state index in [1.807, 2.05) is 0 Å². The van der Waals surface area contributed by atoms with Gasteiger partial charge in [-0.25, -0.2) is 0 Å². The summed E-state index contributed by atoms with van der Waals surface area (Å²) in [4.78, 5) is 7.97. The minimum Gasteiger partial charge on any atom is -0.544 e. The highest BCUT2D eigenvalue weighted by molar-refractivity contribution is 5.43. The lowest BCUT2D eigenvalue weighted by Crippen LogP contribution is -1.83. The molecule has 11 heavy (non-hydrogen) atoms. The van der Waals surface area contributed by atoms with Gasteiger partial charge in [-0.2, -0.15) is 0 Å². The third kappa shape index (κ3) is 1.12. The van der Waals surface area contributed by atoms with E-state index >= 15 is 0 Å². The quantitative estimate of drug-likeness (QED) is 0.571. The second kappa shape index (κ2) is 2.54. The molecule has 3 heteroatoms. The van der Waals surface area contributed by atoms with Crippen molar-refractivity contribution in [2.75, 3.05) is 0 Å². The Morgan fingerprint density at radius 2 is 2.09 bits per heavy atom. The van der Waals surface area contributed by atoms with E-state index in [4.69, 9.17) is 4.42 Å². The van der Waals surface area contributed by atoms with Crippen LogP contribution >= 0.6 is 0 Å². The minimum atomic E-state index is 0.567. The SMILES string of the molecule is [c-]1ccoc1-c1ncccn1. The monoisotopic (exact) mass is 145 g/mol. The molecule has 0 amide bonds. The van der Waals surface area contributed by atoms with Crippen LogP contribution in [0.3, 0.4) is 0 Å². The molecule has 0 aliphatic rings. The number of hydrogen-bond acceptors (Lipinski definition) is 3. The molecular formula is C8H5N2O-.